The standard InChI is InChI=1S/C19H16ClO2P/c20-17-13-11-16(12-14-17)15-22-23(21,18-7-3-1-4-8-18)19-9-5-2-6-10-19/h1-14H,15H2. The van der Waals surface area contributed by atoms with Crippen molar-refractivity contribution in [1.29, 1.82) is 0 Å². The van der Waals surface area contributed by atoms with E-state index >= 15 is 0 Å². The van der Waals surface area contributed by atoms with E-state index in [-0.39, 0.29) is 6.61 Å². The molecule has 0 N–H and O–H groups in total. The minimum atomic E-state index is -3.13. The molecule has 0 unspecified atom stereocenters. The van der Waals surface area contributed by atoms with Crippen LogP contribution in [0.4, 0.5) is 0 Å². The summed E-state index contributed by atoms with van der Waals surface area (Å²) in [5, 5.41) is 2.06. The Kier molecular flexibility index (Phi) is 4.97. The van der Waals surface area contributed by atoms with Gasteiger partial charge < -0.3 is 4.52 Å². The molecule has 23 heavy (non-hydrogen) atoms. The summed E-state index contributed by atoms with van der Waals surface area (Å²) in [4.78, 5) is 0. The molecule has 0 saturated carbocycles. The second-order valence-corrected chi connectivity index (χ2v) is 7.95. The van der Waals surface area contributed by atoms with Crippen LogP contribution in [0, 0.1) is 0 Å². The van der Waals surface area contributed by atoms with Crippen LogP contribution in [0.25, 0.3) is 0 Å². The second kappa shape index (κ2) is 7.14. The van der Waals surface area contributed by atoms with Crippen molar-refractivity contribution in [3.8, 4) is 0 Å². The normalized spacial score (nSPS) is 11.3. The van der Waals surface area contributed by atoms with Crippen LogP contribution >= 0.6 is 19.0 Å². The van der Waals surface area contributed by atoms with Gasteiger partial charge in [-0.25, -0.2) is 0 Å². The molecule has 0 fully saturated rings. The van der Waals surface area contributed by atoms with Crippen molar-refractivity contribution in [2.75, 3.05) is 0 Å². The van der Waals surface area contributed by atoms with Gasteiger partial charge in [0.2, 0.25) is 0 Å². The second-order valence-electron chi connectivity index (χ2n) is 5.12. The molecule has 0 aliphatic carbocycles. The highest BCUT2D eigenvalue weighted by atomic mass is 35.5. The predicted molar refractivity (Wildman–Crippen MR) is 96.0 cm³/mol. The van der Waals surface area contributed by atoms with Gasteiger partial charge in [-0.05, 0) is 42.0 Å². The molecule has 2 nitrogen and oxygen atoms in total. The molecule has 116 valence electrons. The van der Waals surface area contributed by atoms with Crippen molar-refractivity contribution < 1.29 is 9.09 Å². The molecule has 0 aliphatic heterocycles. The molecule has 0 spiro atoms. The lowest BCUT2D eigenvalue weighted by molar-refractivity contribution is 0.316. The average molecular weight is 343 g/mol. The number of rotatable bonds is 5. The van der Waals surface area contributed by atoms with Crippen molar-refractivity contribution in [3.05, 3.63) is 95.5 Å². The Bertz CT molecular complexity index is 758. The molecular formula is C19H16ClO2P. The lowest BCUT2D eigenvalue weighted by Gasteiger charge is -2.19. The fraction of sp³-hybridized carbons (Fsp3) is 0.0526. The lowest BCUT2D eigenvalue weighted by Crippen LogP contribution is -2.18. The Morgan fingerprint density at radius 1 is 0.739 bits per heavy atom. The van der Waals surface area contributed by atoms with Crippen molar-refractivity contribution in [2.24, 2.45) is 0 Å². The molecule has 0 aromatic heterocycles. The fourth-order valence-corrected chi connectivity index (χ4v) is 4.48. The van der Waals surface area contributed by atoms with Crippen LogP contribution in [0.1, 0.15) is 5.56 Å². The van der Waals surface area contributed by atoms with Gasteiger partial charge in [0.15, 0.2) is 0 Å². The number of benzene rings is 3. The van der Waals surface area contributed by atoms with E-state index in [0.29, 0.717) is 15.6 Å². The van der Waals surface area contributed by atoms with Gasteiger partial charge in [-0.3, -0.25) is 4.57 Å². The third-order valence-electron chi connectivity index (χ3n) is 3.52. The van der Waals surface area contributed by atoms with E-state index in [1.807, 2.05) is 72.8 Å². The van der Waals surface area contributed by atoms with E-state index in [4.69, 9.17) is 16.1 Å². The van der Waals surface area contributed by atoms with Gasteiger partial charge in [0, 0.05) is 15.6 Å². The lowest BCUT2D eigenvalue weighted by atomic mass is 10.2. The first-order chi connectivity index (χ1) is 11.2. The molecule has 0 aliphatic rings. The predicted octanol–water partition coefficient (Wildman–Crippen LogP) is 4.79. The number of hydrogen-bond donors (Lipinski definition) is 0. The van der Waals surface area contributed by atoms with Crippen LogP contribution < -0.4 is 10.6 Å². The minimum Gasteiger partial charge on any atom is -0.317 e. The van der Waals surface area contributed by atoms with Crippen LogP contribution in [0.3, 0.4) is 0 Å². The highest BCUT2D eigenvalue weighted by Crippen LogP contribution is 2.45. The molecule has 3 rings (SSSR count). The zero-order valence-corrected chi connectivity index (χ0v) is 14.1. The minimum absolute atomic E-state index is 0.262. The summed E-state index contributed by atoms with van der Waals surface area (Å²) in [6, 6.07) is 26.0. The molecular weight excluding hydrogens is 327 g/mol. The van der Waals surface area contributed by atoms with Gasteiger partial charge in [-0.2, -0.15) is 0 Å². The van der Waals surface area contributed by atoms with Crippen LogP contribution in [0.5, 0.6) is 0 Å². The highest BCUT2D eigenvalue weighted by Gasteiger charge is 2.28. The molecule has 0 atom stereocenters. The van der Waals surface area contributed by atoms with Gasteiger partial charge >= 0.3 is 0 Å². The van der Waals surface area contributed by atoms with Crippen molar-refractivity contribution in [1.82, 2.24) is 0 Å². The first-order valence-electron chi connectivity index (χ1n) is 7.29. The van der Waals surface area contributed by atoms with Crippen LogP contribution in [-0.4, -0.2) is 0 Å². The van der Waals surface area contributed by atoms with Crippen LogP contribution in [-0.2, 0) is 15.7 Å². The van der Waals surface area contributed by atoms with Crippen LogP contribution in [0.2, 0.25) is 5.02 Å². The summed E-state index contributed by atoms with van der Waals surface area (Å²) in [7, 11) is -3.13. The van der Waals surface area contributed by atoms with Crippen molar-refractivity contribution in [2.45, 2.75) is 6.61 Å². The average Bonchev–Trinajstić information content (AvgIpc) is 2.62. The molecule has 0 amide bonds. The maximum Gasteiger partial charge on any atom is 0.261 e. The fourth-order valence-electron chi connectivity index (χ4n) is 2.29. The SMILES string of the molecule is O=P(OCc1ccc(Cl)cc1)(c1ccccc1)c1ccccc1. The smallest absolute Gasteiger partial charge is 0.261 e. The highest BCUT2D eigenvalue weighted by molar-refractivity contribution is 7.74. The van der Waals surface area contributed by atoms with E-state index in [1.165, 1.54) is 0 Å². The van der Waals surface area contributed by atoms with Gasteiger partial charge in [0.05, 0.1) is 6.61 Å². The summed E-state index contributed by atoms with van der Waals surface area (Å²) < 4.78 is 19.5. The van der Waals surface area contributed by atoms with E-state index < -0.39 is 7.37 Å². The Balaban J connectivity index is 1.93. The van der Waals surface area contributed by atoms with Gasteiger partial charge in [0.1, 0.15) is 0 Å². The molecule has 0 heterocycles. The molecule has 0 radical (unpaired) electrons. The van der Waals surface area contributed by atoms with Gasteiger partial charge in [-0.15, -0.1) is 0 Å². The van der Waals surface area contributed by atoms with E-state index in [9.17, 15) is 4.57 Å². The number of halogens is 1. The molecule has 3 aromatic rings. The zero-order valence-electron chi connectivity index (χ0n) is 12.4. The van der Waals surface area contributed by atoms with E-state index in [2.05, 4.69) is 0 Å². The maximum absolute atomic E-state index is 13.6. The van der Waals surface area contributed by atoms with Gasteiger partial charge in [-0.1, -0.05) is 60.1 Å². The summed E-state index contributed by atoms with van der Waals surface area (Å²) >= 11 is 5.90. The Labute approximate surface area is 141 Å². The van der Waals surface area contributed by atoms with E-state index in [1.54, 1.807) is 12.1 Å². The monoisotopic (exact) mass is 342 g/mol. The molecule has 4 heteroatoms. The topological polar surface area (TPSA) is 26.3 Å². The van der Waals surface area contributed by atoms with Crippen molar-refractivity contribution in [3.63, 3.8) is 0 Å². The summed E-state index contributed by atoms with van der Waals surface area (Å²) in [6.07, 6.45) is 0. The summed E-state index contributed by atoms with van der Waals surface area (Å²) in [5.41, 5.74) is 0.932. The largest absolute Gasteiger partial charge is 0.317 e. The van der Waals surface area contributed by atoms with Crippen molar-refractivity contribution >= 4 is 29.6 Å². The first kappa shape index (κ1) is 16.0. The zero-order chi connectivity index (χ0) is 16.1. The quantitative estimate of drug-likeness (QED) is 0.623. The molecule has 0 bridgehead atoms. The summed E-state index contributed by atoms with van der Waals surface area (Å²) in [6.45, 7) is 0.262. The number of hydrogen-bond acceptors (Lipinski definition) is 2. The summed E-state index contributed by atoms with van der Waals surface area (Å²) in [5.74, 6) is 0. The maximum atomic E-state index is 13.6. The van der Waals surface area contributed by atoms with Crippen LogP contribution in [0.15, 0.2) is 84.9 Å². The Hall–Kier alpha value is -1.86. The third-order valence-corrected chi connectivity index (χ3v) is 6.22. The Morgan fingerprint density at radius 3 is 1.70 bits per heavy atom. The van der Waals surface area contributed by atoms with Gasteiger partial charge in [0.25, 0.3) is 7.37 Å². The third kappa shape index (κ3) is 3.73. The molecule has 3 aromatic carbocycles. The molecule has 0 saturated heterocycles. The first-order valence-corrected chi connectivity index (χ1v) is 9.29. The van der Waals surface area contributed by atoms with E-state index in [0.717, 1.165) is 5.56 Å². The Morgan fingerprint density at radius 2 is 1.22 bits per heavy atom.